The number of aryl methyl sites for hydroxylation is 2. The van der Waals surface area contributed by atoms with E-state index in [1.54, 1.807) is 0 Å². The molecule has 1 fully saturated rings. The Labute approximate surface area is 113 Å². The van der Waals surface area contributed by atoms with Gasteiger partial charge in [-0.15, -0.1) is 0 Å². The average molecular weight is 272 g/mol. The molecule has 0 aliphatic heterocycles. The van der Waals surface area contributed by atoms with Crippen molar-refractivity contribution in [2.45, 2.75) is 45.3 Å². The second-order valence-electron chi connectivity index (χ2n) is 4.96. The Bertz CT molecular complexity index is 405. The molecule has 2 rings (SSSR count). The number of aromatic nitrogens is 2. The maximum absolute atomic E-state index is 6.30. The molecule has 1 aliphatic rings. The monoisotopic (exact) mass is 271 g/mol. The summed E-state index contributed by atoms with van der Waals surface area (Å²) in [7, 11) is 1.92. The molecule has 0 saturated heterocycles. The van der Waals surface area contributed by atoms with Gasteiger partial charge >= 0.3 is 0 Å². The van der Waals surface area contributed by atoms with Crippen molar-refractivity contribution in [3.8, 4) is 0 Å². The second-order valence-corrected chi connectivity index (χ2v) is 5.34. The van der Waals surface area contributed by atoms with Crippen molar-refractivity contribution in [3.63, 3.8) is 0 Å². The van der Waals surface area contributed by atoms with Gasteiger partial charge in [0.25, 0.3) is 0 Å². The molecular formula is C13H22ClN3O. The number of nitrogens with two attached hydrogens (primary N) is 1. The summed E-state index contributed by atoms with van der Waals surface area (Å²) in [6.45, 7) is 3.30. The van der Waals surface area contributed by atoms with Crippen molar-refractivity contribution in [2.75, 3.05) is 6.54 Å². The van der Waals surface area contributed by atoms with E-state index in [0.717, 1.165) is 29.3 Å². The molecule has 102 valence electrons. The summed E-state index contributed by atoms with van der Waals surface area (Å²) in [6.07, 6.45) is 4.64. The highest BCUT2D eigenvalue weighted by atomic mass is 35.5. The lowest BCUT2D eigenvalue weighted by Gasteiger charge is -2.18. The average Bonchev–Trinajstić information content (AvgIpc) is 2.92. The highest BCUT2D eigenvalue weighted by molar-refractivity contribution is 6.31. The number of ether oxygens (including phenoxy) is 1. The molecule has 1 heterocycles. The molecule has 0 radical (unpaired) electrons. The number of nitrogens with zero attached hydrogens (tertiary/aromatic N) is 2. The molecule has 18 heavy (non-hydrogen) atoms. The van der Waals surface area contributed by atoms with Crippen molar-refractivity contribution in [1.29, 1.82) is 0 Å². The van der Waals surface area contributed by atoms with Crippen LogP contribution in [0.25, 0.3) is 0 Å². The molecule has 1 aromatic rings. The highest BCUT2D eigenvalue weighted by Crippen LogP contribution is 2.29. The molecule has 1 aromatic heterocycles. The molecule has 0 amide bonds. The Morgan fingerprint density at radius 3 is 2.89 bits per heavy atom. The molecule has 2 unspecified atom stereocenters. The van der Waals surface area contributed by atoms with Crippen LogP contribution in [0.2, 0.25) is 5.02 Å². The number of halogens is 1. The van der Waals surface area contributed by atoms with Crippen LogP contribution in [0.15, 0.2) is 0 Å². The van der Waals surface area contributed by atoms with Crippen LogP contribution in [0.5, 0.6) is 0 Å². The van der Waals surface area contributed by atoms with Gasteiger partial charge in [-0.05, 0) is 31.7 Å². The van der Waals surface area contributed by atoms with E-state index >= 15 is 0 Å². The van der Waals surface area contributed by atoms with E-state index < -0.39 is 0 Å². The quantitative estimate of drug-likeness (QED) is 0.894. The van der Waals surface area contributed by atoms with Crippen molar-refractivity contribution in [3.05, 3.63) is 16.4 Å². The van der Waals surface area contributed by atoms with Crippen LogP contribution in [-0.4, -0.2) is 22.4 Å². The predicted molar refractivity (Wildman–Crippen MR) is 72.6 cm³/mol. The molecular weight excluding hydrogens is 250 g/mol. The fourth-order valence-corrected chi connectivity index (χ4v) is 3.00. The molecule has 4 nitrogen and oxygen atoms in total. The van der Waals surface area contributed by atoms with Gasteiger partial charge in [-0.3, -0.25) is 4.68 Å². The molecule has 2 atom stereocenters. The summed E-state index contributed by atoms with van der Waals surface area (Å²) in [4.78, 5) is 0. The lowest BCUT2D eigenvalue weighted by Crippen LogP contribution is -2.25. The third-order valence-electron chi connectivity index (χ3n) is 3.83. The highest BCUT2D eigenvalue weighted by Gasteiger charge is 2.27. The van der Waals surface area contributed by atoms with Crippen LogP contribution < -0.4 is 5.73 Å². The minimum atomic E-state index is 0.283. The molecule has 0 bridgehead atoms. The zero-order valence-corrected chi connectivity index (χ0v) is 11.9. The van der Waals surface area contributed by atoms with E-state index in [1.807, 2.05) is 11.7 Å². The molecule has 2 N–H and O–H groups in total. The van der Waals surface area contributed by atoms with Crippen molar-refractivity contribution in [2.24, 2.45) is 18.7 Å². The van der Waals surface area contributed by atoms with Crippen molar-refractivity contribution < 1.29 is 4.74 Å². The van der Waals surface area contributed by atoms with Crippen LogP contribution in [0.4, 0.5) is 0 Å². The largest absolute Gasteiger partial charge is 0.372 e. The lowest BCUT2D eigenvalue weighted by atomic mass is 10.1. The second kappa shape index (κ2) is 6.04. The third-order valence-corrected chi connectivity index (χ3v) is 4.27. The van der Waals surface area contributed by atoms with Crippen LogP contribution in [0.1, 0.15) is 37.6 Å². The fraction of sp³-hybridized carbons (Fsp3) is 0.769. The first kappa shape index (κ1) is 13.8. The fourth-order valence-electron chi connectivity index (χ4n) is 2.65. The summed E-state index contributed by atoms with van der Waals surface area (Å²) in [6, 6.07) is 0. The van der Waals surface area contributed by atoms with Gasteiger partial charge in [0.05, 0.1) is 29.1 Å². The summed E-state index contributed by atoms with van der Waals surface area (Å²) >= 11 is 6.30. The summed E-state index contributed by atoms with van der Waals surface area (Å²) in [5.74, 6) is 0.502. The zero-order chi connectivity index (χ0) is 13.1. The SMILES string of the molecule is CCc1nn(C)c(COC2CCCC2CN)c1Cl. The van der Waals surface area contributed by atoms with Gasteiger partial charge in [-0.25, -0.2) is 0 Å². The van der Waals surface area contributed by atoms with Gasteiger partial charge in [0.15, 0.2) is 0 Å². The first-order chi connectivity index (χ1) is 8.67. The summed E-state index contributed by atoms with van der Waals surface area (Å²) < 4.78 is 7.81. The molecule has 1 saturated carbocycles. The van der Waals surface area contributed by atoms with Crippen molar-refractivity contribution in [1.82, 2.24) is 9.78 Å². The minimum absolute atomic E-state index is 0.283. The summed E-state index contributed by atoms with van der Waals surface area (Å²) in [5.41, 5.74) is 7.67. The normalized spacial score (nSPS) is 23.8. The smallest absolute Gasteiger partial charge is 0.0903 e. The molecule has 0 aromatic carbocycles. The van der Waals surface area contributed by atoms with Gasteiger partial charge in [0, 0.05) is 7.05 Å². The Morgan fingerprint density at radius 2 is 2.28 bits per heavy atom. The first-order valence-electron chi connectivity index (χ1n) is 6.69. The maximum atomic E-state index is 6.30. The maximum Gasteiger partial charge on any atom is 0.0903 e. The minimum Gasteiger partial charge on any atom is -0.372 e. The molecule has 0 spiro atoms. The standard InChI is InChI=1S/C13H22ClN3O/c1-3-10-13(14)11(17(2)16-10)8-18-12-6-4-5-9(12)7-15/h9,12H,3-8,15H2,1-2H3. The topological polar surface area (TPSA) is 53.1 Å². The predicted octanol–water partition coefficient (Wildman–Crippen LogP) is 2.28. The Hall–Kier alpha value is -0.580. The molecule has 1 aliphatic carbocycles. The third kappa shape index (κ3) is 2.71. The van der Waals surface area contributed by atoms with Crippen LogP contribution in [0, 0.1) is 5.92 Å². The van der Waals surface area contributed by atoms with E-state index in [9.17, 15) is 0 Å². The van der Waals surface area contributed by atoms with Crippen molar-refractivity contribution >= 4 is 11.6 Å². The van der Waals surface area contributed by atoms with E-state index in [4.69, 9.17) is 22.1 Å². The van der Waals surface area contributed by atoms with E-state index in [1.165, 1.54) is 12.8 Å². The molecule has 5 heteroatoms. The number of rotatable bonds is 5. The van der Waals surface area contributed by atoms with Crippen LogP contribution in [-0.2, 0) is 24.8 Å². The summed E-state index contributed by atoms with van der Waals surface area (Å²) in [5, 5.41) is 5.15. The van der Waals surface area contributed by atoms with E-state index in [0.29, 0.717) is 19.1 Å². The van der Waals surface area contributed by atoms with Crippen LogP contribution in [0.3, 0.4) is 0 Å². The first-order valence-corrected chi connectivity index (χ1v) is 7.07. The van der Waals surface area contributed by atoms with Gasteiger partial charge in [-0.1, -0.05) is 24.9 Å². The van der Waals surface area contributed by atoms with E-state index in [-0.39, 0.29) is 6.10 Å². The van der Waals surface area contributed by atoms with Gasteiger partial charge in [-0.2, -0.15) is 5.10 Å². The Balaban J connectivity index is 1.99. The van der Waals surface area contributed by atoms with Gasteiger partial charge in [0.2, 0.25) is 0 Å². The number of hydrogen-bond donors (Lipinski definition) is 1. The van der Waals surface area contributed by atoms with Gasteiger partial charge in [0.1, 0.15) is 0 Å². The van der Waals surface area contributed by atoms with Crippen LogP contribution >= 0.6 is 11.6 Å². The van der Waals surface area contributed by atoms with E-state index in [2.05, 4.69) is 12.0 Å². The Kier molecular flexibility index (Phi) is 4.65. The lowest BCUT2D eigenvalue weighted by molar-refractivity contribution is 0.0152. The zero-order valence-electron chi connectivity index (χ0n) is 11.2. The van der Waals surface area contributed by atoms with Gasteiger partial charge < -0.3 is 10.5 Å². The Morgan fingerprint density at radius 1 is 1.50 bits per heavy atom. The number of hydrogen-bond acceptors (Lipinski definition) is 3.